The van der Waals surface area contributed by atoms with Crippen LogP contribution in [0.2, 0.25) is 54.4 Å². The van der Waals surface area contributed by atoms with Crippen LogP contribution in [0.4, 0.5) is 0 Å². The van der Waals surface area contributed by atoms with E-state index in [-0.39, 0.29) is 68.9 Å². The topological polar surface area (TPSA) is 94.5 Å². The maximum Gasteiger partial charge on any atom is 0.354 e. The largest absolute Gasteiger partial charge is 0.457 e. The van der Waals surface area contributed by atoms with E-state index in [1.165, 1.54) is 0 Å². The average Bonchev–Trinajstić information content (AvgIpc) is 3.64. The van der Waals surface area contributed by atoms with Gasteiger partial charge < -0.3 is 32.0 Å². The minimum atomic E-state index is -2.38. The lowest BCUT2D eigenvalue weighted by atomic mass is 9.57. The van der Waals surface area contributed by atoms with Gasteiger partial charge in [0.25, 0.3) is 0 Å². The minimum Gasteiger partial charge on any atom is -0.457 e. The van der Waals surface area contributed by atoms with Gasteiger partial charge in [0, 0.05) is 36.7 Å². The number of esters is 2. The Morgan fingerprint density at radius 3 is 2.07 bits per heavy atom. The number of carbonyl (C=O) groups excluding carboxylic acids is 2. The van der Waals surface area contributed by atoms with Crippen molar-refractivity contribution in [1.29, 1.82) is 0 Å². The van der Waals surface area contributed by atoms with Crippen molar-refractivity contribution in [2.45, 2.75) is 193 Å². The molecule has 2 aliphatic heterocycles. The third-order valence-corrected chi connectivity index (χ3v) is 30.3. The molecule has 1 saturated carbocycles. The lowest BCUT2D eigenvalue weighted by molar-refractivity contribution is -0.171. The van der Waals surface area contributed by atoms with Gasteiger partial charge in [-0.25, -0.2) is 9.59 Å². The number of methoxy groups -OCH3 is 1. The van der Waals surface area contributed by atoms with Crippen LogP contribution in [0, 0.1) is 29.6 Å². The highest BCUT2D eigenvalue weighted by atomic mass is 28.4. The van der Waals surface area contributed by atoms with Crippen molar-refractivity contribution in [1.82, 2.24) is 4.23 Å². The molecule has 2 aliphatic carbocycles. The van der Waals surface area contributed by atoms with E-state index >= 15 is 0 Å². The zero-order valence-corrected chi connectivity index (χ0v) is 42.7. The fourth-order valence-corrected chi connectivity index (χ4v) is 14.2. The second-order valence-electron chi connectivity index (χ2n) is 22.8. The van der Waals surface area contributed by atoms with Crippen LogP contribution in [0.1, 0.15) is 107 Å². The first kappa shape index (κ1) is 47.2. The summed E-state index contributed by atoms with van der Waals surface area (Å²) < 4.78 is 43.5. The average molecular weight is 858 g/mol. The molecule has 2 fully saturated rings. The summed E-state index contributed by atoms with van der Waals surface area (Å²) in [6.07, 6.45) is 6.20. The van der Waals surface area contributed by atoms with Gasteiger partial charge in [-0.05, 0) is 85.5 Å². The summed E-state index contributed by atoms with van der Waals surface area (Å²) in [6.45, 7) is 42.5. The Morgan fingerprint density at radius 1 is 0.914 bits per heavy atom. The van der Waals surface area contributed by atoms with Gasteiger partial charge in [-0.1, -0.05) is 107 Å². The maximum atomic E-state index is 14.6. The predicted octanol–water partition coefficient (Wildman–Crippen LogP) is 10.8. The van der Waals surface area contributed by atoms with Gasteiger partial charge in [-0.2, -0.15) is 0 Å². The Labute approximate surface area is 354 Å². The summed E-state index contributed by atoms with van der Waals surface area (Å²) in [5, 5.41) is -0.0643. The summed E-state index contributed by atoms with van der Waals surface area (Å²) >= 11 is 0. The summed E-state index contributed by atoms with van der Waals surface area (Å²) in [4.78, 5) is 28.7. The molecule has 58 heavy (non-hydrogen) atoms. The second kappa shape index (κ2) is 15.8. The van der Waals surface area contributed by atoms with Gasteiger partial charge in [0.15, 0.2) is 31.0 Å². The van der Waals surface area contributed by atoms with E-state index in [0.717, 1.165) is 5.57 Å². The summed E-state index contributed by atoms with van der Waals surface area (Å²) in [6, 6.07) is 3.86. The van der Waals surface area contributed by atoms with E-state index in [0.29, 0.717) is 12.1 Å². The van der Waals surface area contributed by atoms with Crippen LogP contribution in [-0.4, -0.2) is 90.4 Å². The summed E-state index contributed by atoms with van der Waals surface area (Å²) in [7, 11) is -5.15. The summed E-state index contributed by atoms with van der Waals surface area (Å²) in [5.41, 5.74) is 0.824. The highest BCUT2D eigenvalue weighted by Crippen LogP contribution is 2.62. The molecule has 12 atom stereocenters. The number of cyclic esters (lactones) is 1. The van der Waals surface area contributed by atoms with Crippen molar-refractivity contribution < 1.29 is 37.4 Å². The van der Waals surface area contributed by atoms with Crippen LogP contribution < -0.4 is 0 Å². The standard InChI is InChI=1S/C46H79NO8Si3/c1-28-26-29(2)46-32(27-35(50-14)42(49)51-37(28)31(4)54-57(17,18)44(8,9)10)23-24-33-36(46)38(55-58(19,20)45(11,12)13)30(3)39(40(33)53-46)52-41(48)34-22-21-25-47(34)56(15,16)43(5,6)7/h21-26,28,30-33,35-40H,27H2,1-20H3/b29-26-/t28-,30-,31-,32-,33-,35+,36+,37+,38-,39-,40+,46+/m1/s1. The van der Waals surface area contributed by atoms with Gasteiger partial charge in [0.2, 0.25) is 0 Å². The lowest BCUT2D eigenvalue weighted by Crippen LogP contribution is -2.61. The zero-order valence-electron chi connectivity index (χ0n) is 39.7. The van der Waals surface area contributed by atoms with Crippen molar-refractivity contribution in [2.24, 2.45) is 29.6 Å². The SMILES string of the molecule is CO[C@H]1C[C@H]2C=C[C@H]3[C@@H]4O[C@]2(/C(C)=C\[C@@H](C)[C@@H]([C@@H](C)O[Si](C)(C)C(C)(C)C)OC1=O)[C@@H]3[C@H](O[Si](C)(C)C(C)(C)C)[C@@H](C)[C@H]4OC(=O)c1cccn1[Si](C)(C)C(C)(C)C. The van der Waals surface area contributed by atoms with Crippen LogP contribution in [0.5, 0.6) is 0 Å². The molecule has 328 valence electrons. The Hall–Kier alpha value is -1.81. The highest BCUT2D eigenvalue weighted by Gasteiger charge is 2.70. The van der Waals surface area contributed by atoms with E-state index in [1.807, 2.05) is 25.3 Å². The Kier molecular flexibility index (Phi) is 12.9. The molecule has 1 spiro atoms. The first-order valence-electron chi connectivity index (χ1n) is 21.9. The molecular formula is C46H79NO8Si3. The van der Waals surface area contributed by atoms with E-state index in [1.54, 1.807) is 7.11 Å². The van der Waals surface area contributed by atoms with E-state index in [2.05, 4.69) is 145 Å². The minimum absolute atomic E-state index is 0.00997. The number of aromatic nitrogens is 1. The third-order valence-electron chi connectivity index (χ3n) is 16.0. The van der Waals surface area contributed by atoms with Gasteiger partial charge in [-0.15, -0.1) is 0 Å². The van der Waals surface area contributed by atoms with Crippen molar-refractivity contribution in [3.63, 3.8) is 0 Å². The van der Waals surface area contributed by atoms with Crippen molar-refractivity contribution >= 4 is 36.8 Å². The van der Waals surface area contributed by atoms with Gasteiger partial charge in [0.1, 0.15) is 29.6 Å². The van der Waals surface area contributed by atoms with Crippen molar-refractivity contribution in [3.05, 3.63) is 47.8 Å². The Bertz CT molecular complexity index is 1740. The first-order valence-corrected chi connectivity index (χ1v) is 30.6. The molecule has 4 aliphatic rings. The van der Waals surface area contributed by atoms with Gasteiger partial charge in [0.05, 0.1) is 12.2 Å². The Balaban J connectivity index is 1.65. The highest BCUT2D eigenvalue weighted by molar-refractivity contribution is 6.79. The molecule has 1 aromatic rings. The molecule has 0 unspecified atom stereocenters. The Morgan fingerprint density at radius 2 is 1.52 bits per heavy atom. The number of nitrogens with zero attached hydrogens (tertiary/aromatic N) is 1. The molecule has 3 heterocycles. The molecule has 4 bridgehead atoms. The molecule has 0 amide bonds. The number of hydrogen-bond donors (Lipinski definition) is 0. The number of ether oxygens (including phenoxy) is 4. The molecule has 0 N–H and O–H groups in total. The molecule has 1 saturated heterocycles. The van der Waals surface area contributed by atoms with E-state index < -0.39 is 54.9 Å². The molecule has 12 heteroatoms. The van der Waals surface area contributed by atoms with Gasteiger partial charge >= 0.3 is 11.9 Å². The normalized spacial score (nSPS) is 35.1. The fraction of sp³-hybridized carbons (Fsp3) is 0.783. The lowest BCUT2D eigenvalue weighted by Gasteiger charge is -2.53. The molecule has 5 rings (SSSR count). The summed E-state index contributed by atoms with van der Waals surface area (Å²) in [5.74, 6) is -1.45. The van der Waals surface area contributed by atoms with Crippen LogP contribution >= 0.6 is 0 Å². The maximum absolute atomic E-state index is 14.6. The molecule has 1 aromatic heterocycles. The zero-order chi connectivity index (χ0) is 43.9. The van der Waals surface area contributed by atoms with Crippen LogP contribution in [-0.2, 0) is 32.6 Å². The number of hydrogen-bond acceptors (Lipinski definition) is 8. The van der Waals surface area contributed by atoms with Crippen molar-refractivity contribution in [3.8, 4) is 0 Å². The second-order valence-corrected chi connectivity index (χ2v) is 37.4. The predicted molar refractivity (Wildman–Crippen MR) is 241 cm³/mol. The van der Waals surface area contributed by atoms with Crippen molar-refractivity contribution in [2.75, 3.05) is 7.11 Å². The van der Waals surface area contributed by atoms with Gasteiger partial charge in [-0.3, -0.25) is 0 Å². The number of carbonyl (C=O) groups is 2. The van der Waals surface area contributed by atoms with Crippen LogP contribution in [0.15, 0.2) is 42.1 Å². The fourth-order valence-electron chi connectivity index (χ4n) is 9.45. The molecule has 0 radical (unpaired) electrons. The quantitative estimate of drug-likeness (QED) is 0.138. The smallest absolute Gasteiger partial charge is 0.354 e. The van der Waals surface area contributed by atoms with E-state index in [4.69, 9.17) is 27.8 Å². The molecule has 9 nitrogen and oxygen atoms in total. The van der Waals surface area contributed by atoms with Crippen LogP contribution in [0.25, 0.3) is 0 Å². The van der Waals surface area contributed by atoms with E-state index in [9.17, 15) is 9.59 Å². The van der Waals surface area contributed by atoms with Crippen LogP contribution in [0.3, 0.4) is 0 Å². The first-order chi connectivity index (χ1) is 26.3. The monoisotopic (exact) mass is 858 g/mol. The third kappa shape index (κ3) is 8.15. The number of rotatable bonds is 9. The molecular weight excluding hydrogens is 779 g/mol. The molecule has 0 aromatic carbocycles.